The van der Waals surface area contributed by atoms with E-state index in [1.807, 2.05) is 24.3 Å². The summed E-state index contributed by atoms with van der Waals surface area (Å²) < 4.78 is 26.0. The summed E-state index contributed by atoms with van der Waals surface area (Å²) in [4.78, 5) is 8.36. The molecule has 1 aliphatic carbocycles. The molecule has 0 atom stereocenters. The highest BCUT2D eigenvalue weighted by Crippen LogP contribution is 2.48. The predicted octanol–water partition coefficient (Wildman–Crippen LogP) is 4.14. The molecule has 2 nitrogen and oxygen atoms in total. The lowest BCUT2D eigenvalue weighted by molar-refractivity contribution is -0.122. The van der Waals surface area contributed by atoms with E-state index >= 15 is 0 Å². The van der Waals surface area contributed by atoms with Gasteiger partial charge in [0.25, 0.3) is 6.47 Å². The molecule has 3 rings (SSSR count). The van der Waals surface area contributed by atoms with E-state index in [1.165, 1.54) is 24.3 Å². The molecule has 0 saturated heterocycles. The van der Waals surface area contributed by atoms with E-state index < -0.39 is 0 Å². The molecular weight excluding hydrogens is 274 g/mol. The first-order chi connectivity index (χ1) is 10.1. The minimum atomic E-state index is -0.250. The van der Waals surface area contributed by atoms with Gasteiger partial charge >= 0.3 is 0 Å². The van der Waals surface area contributed by atoms with Gasteiger partial charge in [0.05, 0.1) is 0 Å². The van der Waals surface area contributed by atoms with Gasteiger partial charge in [-0.3, -0.25) is 4.79 Å². The molecule has 0 aliphatic heterocycles. The van der Waals surface area contributed by atoms with Crippen molar-refractivity contribution in [2.24, 2.45) is 0 Å². The Bertz CT molecular complexity index is 540. The van der Waals surface area contributed by atoms with Crippen LogP contribution in [0.4, 0.5) is 8.78 Å². The van der Waals surface area contributed by atoms with Crippen molar-refractivity contribution in [3.63, 3.8) is 0 Å². The predicted molar refractivity (Wildman–Crippen MR) is 76.1 cm³/mol. The lowest BCUT2D eigenvalue weighted by Crippen LogP contribution is -2.35. The van der Waals surface area contributed by atoms with E-state index in [1.54, 1.807) is 0 Å². The lowest BCUT2D eigenvalue weighted by atomic mass is 9.60. The zero-order valence-corrected chi connectivity index (χ0v) is 11.4. The first-order valence-electron chi connectivity index (χ1n) is 6.72. The van der Waals surface area contributed by atoms with Crippen molar-refractivity contribution in [1.82, 2.24) is 0 Å². The second-order valence-electron chi connectivity index (χ2n) is 5.05. The second kappa shape index (κ2) is 6.48. The van der Waals surface area contributed by atoms with Crippen LogP contribution in [0.3, 0.4) is 0 Å². The minimum Gasteiger partial charge on any atom is -0.483 e. The zero-order chi connectivity index (χ0) is 15.3. The van der Waals surface area contributed by atoms with Crippen molar-refractivity contribution in [2.45, 2.75) is 24.7 Å². The fourth-order valence-electron chi connectivity index (χ4n) is 2.81. The molecule has 110 valence electrons. The number of rotatable bonds is 2. The van der Waals surface area contributed by atoms with Crippen LogP contribution in [-0.2, 0) is 10.2 Å². The van der Waals surface area contributed by atoms with Gasteiger partial charge in [-0.25, -0.2) is 8.78 Å². The van der Waals surface area contributed by atoms with Gasteiger partial charge in [0.2, 0.25) is 0 Å². The number of carbonyl (C=O) groups is 1. The molecule has 0 unspecified atom stereocenters. The molecule has 1 aliphatic rings. The topological polar surface area (TPSA) is 37.3 Å². The molecule has 1 fully saturated rings. The monoisotopic (exact) mass is 290 g/mol. The Morgan fingerprint density at radius 1 is 0.857 bits per heavy atom. The minimum absolute atomic E-state index is 0.0403. The van der Waals surface area contributed by atoms with E-state index in [-0.39, 0.29) is 23.5 Å². The average molecular weight is 290 g/mol. The highest BCUT2D eigenvalue weighted by atomic mass is 19.1. The van der Waals surface area contributed by atoms with Gasteiger partial charge in [-0.2, -0.15) is 0 Å². The molecule has 2 aromatic rings. The van der Waals surface area contributed by atoms with E-state index in [0.29, 0.717) is 0 Å². The molecule has 0 spiro atoms. The summed E-state index contributed by atoms with van der Waals surface area (Å²) in [5.41, 5.74) is 2.21. The Morgan fingerprint density at radius 3 is 1.43 bits per heavy atom. The van der Waals surface area contributed by atoms with Crippen molar-refractivity contribution in [1.29, 1.82) is 0 Å². The molecule has 0 bridgehead atoms. The Balaban J connectivity index is 0.000000497. The summed E-state index contributed by atoms with van der Waals surface area (Å²) in [6, 6.07) is 13.4. The van der Waals surface area contributed by atoms with Gasteiger partial charge in [0.1, 0.15) is 11.6 Å². The van der Waals surface area contributed by atoms with Crippen molar-refractivity contribution in [3.05, 3.63) is 71.3 Å². The Hall–Kier alpha value is -2.23. The van der Waals surface area contributed by atoms with Crippen LogP contribution >= 0.6 is 0 Å². The fraction of sp³-hybridized carbons (Fsp3) is 0.235. The molecule has 4 heteroatoms. The quantitative estimate of drug-likeness (QED) is 0.844. The summed E-state index contributed by atoms with van der Waals surface area (Å²) >= 11 is 0. The Kier molecular flexibility index (Phi) is 4.68. The molecular formula is C17H16F2O2. The van der Waals surface area contributed by atoms with Gasteiger partial charge < -0.3 is 5.11 Å². The smallest absolute Gasteiger partial charge is 0.290 e. The van der Waals surface area contributed by atoms with Crippen molar-refractivity contribution in [2.75, 3.05) is 0 Å². The Morgan fingerprint density at radius 2 is 1.19 bits per heavy atom. The average Bonchev–Trinajstić information content (AvgIpc) is 2.43. The van der Waals surface area contributed by atoms with Crippen LogP contribution in [-0.4, -0.2) is 11.6 Å². The highest BCUT2D eigenvalue weighted by molar-refractivity contribution is 5.41. The molecule has 0 amide bonds. The maximum absolute atomic E-state index is 13.0. The number of hydrogen-bond acceptors (Lipinski definition) is 1. The maximum Gasteiger partial charge on any atom is 0.290 e. The lowest BCUT2D eigenvalue weighted by Gasteiger charge is -2.43. The molecule has 21 heavy (non-hydrogen) atoms. The molecule has 0 aromatic heterocycles. The number of benzene rings is 2. The number of halogens is 2. The number of carboxylic acid groups (broad SMARTS) is 1. The largest absolute Gasteiger partial charge is 0.483 e. The Labute approximate surface area is 122 Å². The van der Waals surface area contributed by atoms with Crippen molar-refractivity contribution < 1.29 is 18.7 Å². The number of hydrogen-bond donors (Lipinski definition) is 1. The second-order valence-corrected chi connectivity index (χ2v) is 5.05. The third-order valence-corrected chi connectivity index (χ3v) is 4.00. The zero-order valence-electron chi connectivity index (χ0n) is 11.4. The first-order valence-corrected chi connectivity index (χ1v) is 6.72. The fourth-order valence-corrected chi connectivity index (χ4v) is 2.81. The molecule has 0 radical (unpaired) electrons. The van der Waals surface area contributed by atoms with Gasteiger partial charge in [-0.05, 0) is 48.2 Å². The SMILES string of the molecule is Fc1ccc(C2(c3ccc(F)cc3)CCC2)cc1.O=CO. The summed E-state index contributed by atoms with van der Waals surface area (Å²) in [7, 11) is 0. The third kappa shape index (κ3) is 3.10. The standard InChI is InChI=1S/C16H14F2.CH2O2/c17-14-6-2-12(3-7-14)16(10-1-11-16)13-4-8-15(18)9-5-13;2-1-3/h2-9H,1,10-11H2;1H,(H,2,3). The van der Waals surface area contributed by atoms with Crippen LogP contribution in [0.5, 0.6) is 0 Å². The summed E-state index contributed by atoms with van der Waals surface area (Å²) in [6.45, 7) is -0.250. The first kappa shape index (κ1) is 15.2. The van der Waals surface area contributed by atoms with Crippen LogP contribution in [0.2, 0.25) is 0 Å². The van der Waals surface area contributed by atoms with Gasteiger partial charge in [0, 0.05) is 5.41 Å². The van der Waals surface area contributed by atoms with E-state index in [0.717, 1.165) is 30.4 Å². The van der Waals surface area contributed by atoms with Gasteiger partial charge in [0.15, 0.2) is 0 Å². The van der Waals surface area contributed by atoms with Crippen LogP contribution < -0.4 is 0 Å². The van der Waals surface area contributed by atoms with E-state index in [9.17, 15) is 8.78 Å². The summed E-state index contributed by atoms with van der Waals surface area (Å²) in [6.07, 6.45) is 3.25. The van der Waals surface area contributed by atoms with Crippen molar-refractivity contribution in [3.8, 4) is 0 Å². The molecule has 1 saturated carbocycles. The van der Waals surface area contributed by atoms with Gasteiger partial charge in [-0.15, -0.1) is 0 Å². The normalized spacial score (nSPS) is 15.3. The van der Waals surface area contributed by atoms with Crippen LogP contribution in [0.1, 0.15) is 30.4 Å². The molecule has 1 N–H and O–H groups in total. The maximum atomic E-state index is 13.0. The van der Waals surface area contributed by atoms with Gasteiger partial charge in [-0.1, -0.05) is 30.7 Å². The third-order valence-electron chi connectivity index (χ3n) is 4.00. The van der Waals surface area contributed by atoms with Crippen molar-refractivity contribution >= 4 is 6.47 Å². The van der Waals surface area contributed by atoms with Crippen LogP contribution in [0.15, 0.2) is 48.5 Å². The van der Waals surface area contributed by atoms with Crippen LogP contribution in [0, 0.1) is 11.6 Å². The molecule has 0 heterocycles. The summed E-state index contributed by atoms with van der Waals surface area (Å²) in [5, 5.41) is 6.89. The molecule has 2 aromatic carbocycles. The van der Waals surface area contributed by atoms with E-state index in [4.69, 9.17) is 9.90 Å². The van der Waals surface area contributed by atoms with Crippen LogP contribution in [0.25, 0.3) is 0 Å². The summed E-state index contributed by atoms with van der Waals surface area (Å²) in [5.74, 6) is -0.431. The van der Waals surface area contributed by atoms with E-state index in [2.05, 4.69) is 0 Å². The highest BCUT2D eigenvalue weighted by Gasteiger charge is 2.40.